The highest BCUT2D eigenvalue weighted by atomic mass is 32.1. The number of amides is 4. The Kier molecular flexibility index (Phi) is 16.0. The normalized spacial score (nSPS) is 17.7. The topological polar surface area (TPSA) is 184 Å². The van der Waals surface area contributed by atoms with Crippen LogP contribution in [0.2, 0.25) is 0 Å². The van der Waals surface area contributed by atoms with Crippen LogP contribution < -0.4 is 16.0 Å². The van der Waals surface area contributed by atoms with Crippen LogP contribution in [-0.2, 0) is 43.4 Å². The fraction of sp³-hybridized carbons (Fsp3) is 0.400. The molecular weight excluding hydrogens is 972 g/mol. The van der Waals surface area contributed by atoms with Crippen LogP contribution in [0, 0.1) is 24.0 Å². The second-order valence-corrected chi connectivity index (χ2v) is 21.6. The molecule has 5 heterocycles. The molecule has 4 amide bonds. The van der Waals surface area contributed by atoms with E-state index in [-0.39, 0.29) is 80.9 Å². The van der Waals surface area contributed by atoms with Gasteiger partial charge in [-0.05, 0) is 86.1 Å². The molecule has 3 aromatic heterocycles. The maximum Gasteiger partial charge on any atom is 0.255 e. The molecule has 74 heavy (non-hydrogen) atoms. The van der Waals surface area contributed by atoms with Crippen molar-refractivity contribution in [2.24, 2.45) is 5.41 Å². The predicted octanol–water partition coefficient (Wildman–Crippen LogP) is 7.64. The zero-order valence-electron chi connectivity index (χ0n) is 42.6. The Bertz CT molecular complexity index is 3060. The molecule has 2 aliphatic rings. The molecule has 8 rings (SSSR count). The fourth-order valence-corrected chi connectivity index (χ4v) is 10.5. The number of fused-ring (bicyclic) bond motifs is 3. The summed E-state index contributed by atoms with van der Waals surface area (Å²) in [4.78, 5) is 78.3. The zero-order chi connectivity index (χ0) is 53.1. The first-order valence-electron chi connectivity index (χ1n) is 24.6. The lowest BCUT2D eigenvalue weighted by molar-refractivity contribution is -0.142. The van der Waals surface area contributed by atoms with Crippen molar-refractivity contribution in [1.29, 1.82) is 0 Å². The molecular formula is C55H62F3N9O6S. The minimum absolute atomic E-state index is 0.0473. The molecule has 4 N–H and O–H groups in total. The molecule has 2 aliphatic heterocycles. The third kappa shape index (κ3) is 12.3. The minimum atomic E-state index is -1.64. The average molecular weight is 1030 g/mol. The number of ketones is 1. The third-order valence-corrected chi connectivity index (χ3v) is 14.3. The Morgan fingerprint density at radius 3 is 2.41 bits per heavy atom. The molecule has 3 aromatic carbocycles. The molecule has 0 unspecified atom stereocenters. The number of Topliss-reactive ketones (excluding diaryl/α,β-unsaturated/α-hetero) is 1. The number of para-hydroxylation sites is 1. The van der Waals surface area contributed by atoms with E-state index in [1.807, 2.05) is 62.4 Å². The van der Waals surface area contributed by atoms with Gasteiger partial charge in [-0.15, -0.1) is 11.3 Å². The number of hydrogen-bond donors (Lipinski definition) is 4. The number of aromatic nitrogens is 4. The van der Waals surface area contributed by atoms with Crippen LogP contribution in [-0.4, -0.2) is 116 Å². The molecule has 4 atom stereocenters. The highest BCUT2D eigenvalue weighted by Gasteiger charge is 2.45. The third-order valence-electron chi connectivity index (χ3n) is 13.3. The second-order valence-electron chi connectivity index (χ2n) is 20.7. The van der Waals surface area contributed by atoms with Crippen molar-refractivity contribution in [2.45, 2.75) is 104 Å². The number of nitrogens with one attached hydrogen (secondary N) is 4. The summed E-state index contributed by atoms with van der Waals surface area (Å²) >= 11 is 1.55. The van der Waals surface area contributed by atoms with E-state index in [2.05, 4.69) is 31.0 Å². The van der Waals surface area contributed by atoms with E-state index in [0.29, 0.717) is 12.1 Å². The first kappa shape index (κ1) is 53.3. The van der Waals surface area contributed by atoms with Crippen molar-refractivity contribution in [3.8, 4) is 10.4 Å². The smallest absolute Gasteiger partial charge is 0.255 e. The lowest BCUT2D eigenvalue weighted by Crippen LogP contribution is -2.57. The van der Waals surface area contributed by atoms with Gasteiger partial charge in [0, 0.05) is 66.5 Å². The number of carbonyl (C=O) groups excluding carboxylic acids is 5. The monoisotopic (exact) mass is 1030 g/mol. The average Bonchev–Trinajstić information content (AvgIpc) is 4.17. The number of nitrogens with zero attached hydrogens (tertiary/aromatic N) is 5. The summed E-state index contributed by atoms with van der Waals surface area (Å²) in [6, 6.07) is 14.5. The molecule has 0 saturated carbocycles. The van der Waals surface area contributed by atoms with Crippen molar-refractivity contribution < 1.29 is 41.9 Å². The van der Waals surface area contributed by atoms with Gasteiger partial charge in [0.05, 0.1) is 60.2 Å². The predicted molar refractivity (Wildman–Crippen MR) is 277 cm³/mol. The molecule has 0 spiro atoms. The number of aryl methyl sites for hydroxylation is 1. The molecule has 1 saturated heterocycles. The maximum atomic E-state index is 16.1. The van der Waals surface area contributed by atoms with Gasteiger partial charge in [-0.1, -0.05) is 63.2 Å². The van der Waals surface area contributed by atoms with E-state index < -0.39 is 64.5 Å². The van der Waals surface area contributed by atoms with Crippen LogP contribution >= 0.6 is 11.3 Å². The van der Waals surface area contributed by atoms with Crippen molar-refractivity contribution in [3.05, 3.63) is 135 Å². The van der Waals surface area contributed by atoms with Crippen LogP contribution in [0.3, 0.4) is 0 Å². The molecule has 1 fully saturated rings. The largest absolute Gasteiger partial charge is 0.378 e. The van der Waals surface area contributed by atoms with E-state index in [4.69, 9.17) is 4.74 Å². The Balaban J connectivity index is 0.799. The summed E-state index contributed by atoms with van der Waals surface area (Å²) in [6.45, 7) is 12.7. The van der Waals surface area contributed by atoms with Gasteiger partial charge in [0.1, 0.15) is 29.4 Å². The number of likely N-dealkylation sites (tertiary alicyclic amines) is 1. The number of alkyl halides is 1. The first-order chi connectivity index (χ1) is 35.1. The zero-order valence-corrected chi connectivity index (χ0v) is 43.4. The van der Waals surface area contributed by atoms with Crippen molar-refractivity contribution in [2.75, 3.05) is 32.8 Å². The van der Waals surface area contributed by atoms with E-state index in [9.17, 15) is 24.0 Å². The first-order valence-corrected chi connectivity index (χ1v) is 25.5. The van der Waals surface area contributed by atoms with Crippen molar-refractivity contribution in [1.82, 2.24) is 45.5 Å². The van der Waals surface area contributed by atoms with Gasteiger partial charge >= 0.3 is 0 Å². The highest BCUT2D eigenvalue weighted by Crippen LogP contribution is 2.43. The Morgan fingerprint density at radius 1 is 0.986 bits per heavy atom. The molecule has 0 aliphatic carbocycles. The van der Waals surface area contributed by atoms with Crippen LogP contribution in [0.15, 0.2) is 84.6 Å². The number of rotatable bonds is 18. The summed E-state index contributed by atoms with van der Waals surface area (Å²) in [5.41, 5.74) is 4.68. The summed E-state index contributed by atoms with van der Waals surface area (Å²) < 4.78 is 54.6. The molecule has 15 nitrogen and oxygen atoms in total. The number of thiazole rings is 1. The Hall–Kier alpha value is -6.96. The quantitative estimate of drug-likeness (QED) is 0.0497. The van der Waals surface area contributed by atoms with E-state index in [0.717, 1.165) is 38.2 Å². The van der Waals surface area contributed by atoms with E-state index in [1.54, 1.807) is 42.5 Å². The summed E-state index contributed by atoms with van der Waals surface area (Å²) in [6.07, 6.45) is 5.79. The van der Waals surface area contributed by atoms with E-state index in [1.165, 1.54) is 60.1 Å². The minimum Gasteiger partial charge on any atom is -0.378 e. The molecule has 19 heteroatoms. The fourth-order valence-electron chi connectivity index (χ4n) is 9.65. The van der Waals surface area contributed by atoms with Crippen LogP contribution in [0.4, 0.5) is 13.2 Å². The van der Waals surface area contributed by atoms with Gasteiger partial charge in [-0.3, -0.25) is 33.6 Å². The summed E-state index contributed by atoms with van der Waals surface area (Å²) in [7, 11) is 0. The van der Waals surface area contributed by atoms with Gasteiger partial charge in [0.2, 0.25) is 17.7 Å². The molecule has 0 radical (unpaired) electrons. The van der Waals surface area contributed by atoms with Crippen LogP contribution in [0.25, 0.3) is 27.4 Å². The summed E-state index contributed by atoms with van der Waals surface area (Å²) in [5.74, 6) is -4.00. The maximum absolute atomic E-state index is 16.1. The number of halogens is 3. The van der Waals surface area contributed by atoms with Gasteiger partial charge in [0.15, 0.2) is 5.78 Å². The lowest BCUT2D eigenvalue weighted by Gasteiger charge is -2.43. The highest BCUT2D eigenvalue weighted by molar-refractivity contribution is 7.13. The number of ether oxygens (including phenoxy) is 1. The SMILES string of the molecule is Cc1ncsc1-c1ccc(CNC(=O)[C@@H]2CC(=O)CN2C(=O)[C@@H](NC(=O)c2cnn(CCOCCNC(=O)/C=C/c3cc(F)c([C@@H]4c5[nH]c6ccccc6c5C[C@@H](C)N4CC(C)(C)F)c(F)c3)c2)C(C)(C)C)cc1. The summed E-state index contributed by atoms with van der Waals surface area (Å²) in [5, 5.41) is 13.6. The van der Waals surface area contributed by atoms with E-state index >= 15 is 13.2 Å². The molecule has 390 valence electrons. The Morgan fingerprint density at radius 2 is 1.72 bits per heavy atom. The number of hydrogen-bond acceptors (Lipinski definition) is 10. The van der Waals surface area contributed by atoms with Gasteiger partial charge in [-0.25, -0.2) is 18.2 Å². The van der Waals surface area contributed by atoms with Crippen LogP contribution in [0.1, 0.15) is 98.0 Å². The van der Waals surface area contributed by atoms with Gasteiger partial charge < -0.3 is 30.6 Å². The van der Waals surface area contributed by atoms with Crippen molar-refractivity contribution in [3.63, 3.8) is 0 Å². The number of aromatic amines is 1. The van der Waals surface area contributed by atoms with Crippen molar-refractivity contribution >= 4 is 57.7 Å². The standard InChI is InChI=1S/C55H62F3N9O6S/c1-32-22-40-39-10-8-9-11-43(39)63-47(40)48(67(32)30-55(6,7)58)46-41(56)23-35(24-42(46)57)14-17-45(69)59-18-20-73-21-19-65-28-37(27-62-65)51(70)64-50(54(3,4)5)53(72)66-29-38(68)25-44(66)52(71)60-26-34-12-15-36(16-13-34)49-33(2)61-31-74-49/h8-17,23-24,27-28,31-32,44,48,50,63H,18-22,25-26,29-30H2,1-7H3,(H,59,69)(H,60,71)(H,64,70)/b17-14+/t32-,44+,48-,50-/m1/s1. The molecule has 0 bridgehead atoms. The number of carbonyl (C=O) groups is 5. The lowest BCUT2D eigenvalue weighted by atomic mass is 9.85. The van der Waals surface area contributed by atoms with Gasteiger partial charge in [0.25, 0.3) is 5.91 Å². The Labute approximate surface area is 431 Å². The van der Waals surface area contributed by atoms with Gasteiger partial charge in [-0.2, -0.15) is 5.10 Å². The number of benzene rings is 3. The second kappa shape index (κ2) is 22.3. The number of H-pyrrole nitrogens is 1. The van der Waals surface area contributed by atoms with Crippen LogP contribution in [0.5, 0.6) is 0 Å². The molecule has 6 aromatic rings.